The van der Waals surface area contributed by atoms with Crippen LogP contribution in [0.4, 0.5) is 0 Å². The molecule has 35 heavy (non-hydrogen) atoms. The third kappa shape index (κ3) is 5.73. The highest BCUT2D eigenvalue weighted by molar-refractivity contribution is 5.23. The molecule has 3 saturated heterocycles. The molecule has 5 aliphatic rings. The Labute approximate surface area is 214 Å². The first-order valence-corrected chi connectivity index (χ1v) is 14.8. The summed E-state index contributed by atoms with van der Waals surface area (Å²) in [6.07, 6.45) is 14.7. The van der Waals surface area contributed by atoms with Crippen molar-refractivity contribution in [2.75, 3.05) is 72.6 Å². The van der Waals surface area contributed by atoms with E-state index in [2.05, 4.69) is 54.7 Å². The van der Waals surface area contributed by atoms with Gasteiger partial charge in [0.25, 0.3) is 0 Å². The fourth-order valence-electron chi connectivity index (χ4n) is 7.99. The Bertz CT molecular complexity index is 670. The molecule has 3 heterocycles. The Balaban J connectivity index is 1.33. The molecule has 3 N–H and O–H groups in total. The van der Waals surface area contributed by atoms with E-state index in [4.69, 9.17) is 0 Å². The quantitative estimate of drug-likeness (QED) is 0.511. The van der Waals surface area contributed by atoms with Crippen LogP contribution in [-0.4, -0.2) is 116 Å². The van der Waals surface area contributed by atoms with Gasteiger partial charge in [0.1, 0.15) is 0 Å². The van der Waals surface area contributed by atoms with Crippen LogP contribution >= 0.6 is 0 Å². The van der Waals surface area contributed by atoms with Crippen molar-refractivity contribution in [3.8, 4) is 0 Å². The van der Waals surface area contributed by atoms with E-state index in [1.165, 1.54) is 83.7 Å². The lowest BCUT2D eigenvalue weighted by Crippen LogP contribution is -2.76. The highest BCUT2D eigenvalue weighted by Crippen LogP contribution is 2.49. The topological polar surface area (TPSA) is 61.4 Å². The molecule has 3 atom stereocenters. The van der Waals surface area contributed by atoms with Crippen molar-refractivity contribution in [1.29, 1.82) is 0 Å². The zero-order valence-electron chi connectivity index (χ0n) is 22.4. The Hall–Kier alpha value is -0.770. The third-order valence-electron chi connectivity index (χ3n) is 10.0. The average molecular weight is 489 g/mol. The highest BCUT2D eigenvalue weighted by atomic mass is 15.6. The molecule has 0 bridgehead atoms. The van der Waals surface area contributed by atoms with Crippen LogP contribution in [0.15, 0.2) is 5.10 Å². The van der Waals surface area contributed by atoms with Crippen molar-refractivity contribution in [2.45, 2.75) is 87.7 Å². The van der Waals surface area contributed by atoms with E-state index in [0.717, 1.165) is 52.5 Å². The molecule has 200 valence electrons. The summed E-state index contributed by atoms with van der Waals surface area (Å²) < 4.78 is 0. The van der Waals surface area contributed by atoms with Gasteiger partial charge in [-0.15, -0.1) is 0 Å². The highest BCUT2D eigenvalue weighted by Gasteiger charge is 2.57. The van der Waals surface area contributed by atoms with Crippen LogP contribution in [0.3, 0.4) is 0 Å². The molecule has 2 spiro atoms. The molecular formula is C27H52N8. The van der Waals surface area contributed by atoms with Crippen molar-refractivity contribution in [3.63, 3.8) is 0 Å². The van der Waals surface area contributed by atoms with Gasteiger partial charge in [0, 0.05) is 63.1 Å². The summed E-state index contributed by atoms with van der Waals surface area (Å²) in [6.45, 7) is 15.0. The minimum Gasteiger partial charge on any atom is -0.315 e. The van der Waals surface area contributed by atoms with Crippen LogP contribution in [0.25, 0.3) is 0 Å². The molecule has 0 amide bonds. The zero-order chi connectivity index (χ0) is 24.1. The number of rotatable bonds is 5. The smallest absolute Gasteiger partial charge is 0.0626 e. The van der Waals surface area contributed by atoms with Gasteiger partial charge in [-0.05, 0) is 58.0 Å². The normalized spacial score (nSPS) is 36.2. The van der Waals surface area contributed by atoms with Crippen molar-refractivity contribution < 1.29 is 0 Å². The minimum absolute atomic E-state index is 0.237. The van der Waals surface area contributed by atoms with Crippen LogP contribution in [0, 0.1) is 5.92 Å². The first-order chi connectivity index (χ1) is 17.1. The fraction of sp³-hybridized carbons (Fsp3) is 0.963. The van der Waals surface area contributed by atoms with E-state index in [9.17, 15) is 0 Å². The maximum absolute atomic E-state index is 4.53. The van der Waals surface area contributed by atoms with E-state index < -0.39 is 0 Å². The van der Waals surface area contributed by atoms with E-state index in [-0.39, 0.29) is 11.1 Å². The molecule has 0 aromatic heterocycles. The molecule has 0 aromatic rings. The summed E-state index contributed by atoms with van der Waals surface area (Å²) >= 11 is 0. The predicted molar refractivity (Wildman–Crippen MR) is 144 cm³/mol. The van der Waals surface area contributed by atoms with Gasteiger partial charge in [-0.1, -0.05) is 32.1 Å². The van der Waals surface area contributed by atoms with Crippen LogP contribution in [0.5, 0.6) is 0 Å². The molecule has 0 radical (unpaired) electrons. The number of piperazine rings is 2. The number of nitrogens with one attached hydrogen (secondary N) is 3. The second-order valence-electron chi connectivity index (χ2n) is 12.2. The Morgan fingerprint density at radius 3 is 2.51 bits per heavy atom. The van der Waals surface area contributed by atoms with Gasteiger partial charge in [0.2, 0.25) is 0 Å². The van der Waals surface area contributed by atoms with Crippen molar-refractivity contribution in [2.24, 2.45) is 11.0 Å². The Kier molecular flexibility index (Phi) is 8.67. The number of hydrazone groups is 1. The van der Waals surface area contributed by atoms with Gasteiger partial charge >= 0.3 is 0 Å². The van der Waals surface area contributed by atoms with Crippen LogP contribution in [0.1, 0.15) is 70.6 Å². The molecule has 8 nitrogen and oxygen atoms in total. The van der Waals surface area contributed by atoms with Crippen molar-refractivity contribution in [3.05, 3.63) is 0 Å². The van der Waals surface area contributed by atoms with Gasteiger partial charge in [0.15, 0.2) is 0 Å². The van der Waals surface area contributed by atoms with E-state index in [1.807, 2.05) is 0 Å². The molecular weight excluding hydrogens is 436 g/mol. The predicted octanol–water partition coefficient (Wildman–Crippen LogP) is 1.90. The standard InChI is InChI=1S/C27H52N8/c1-28-34-20-25(24-10-13-27(24)22-32(2)18-16-30-27)35(26(21-34)11-6-7-12-26)23-31-33-17-9-5-3-4-8-14-29-15-19-33/h24-25,29-31H,1,3-23H2,2H3. The average Bonchev–Trinajstić information content (AvgIpc) is 3.28. The first-order valence-electron chi connectivity index (χ1n) is 14.8. The summed E-state index contributed by atoms with van der Waals surface area (Å²) in [5.41, 5.74) is 4.48. The summed E-state index contributed by atoms with van der Waals surface area (Å²) in [5, 5.41) is 17.1. The van der Waals surface area contributed by atoms with Crippen molar-refractivity contribution >= 4 is 6.72 Å². The maximum Gasteiger partial charge on any atom is 0.0626 e. The maximum atomic E-state index is 4.53. The van der Waals surface area contributed by atoms with Gasteiger partial charge in [-0.25, -0.2) is 10.4 Å². The molecule has 8 heteroatoms. The lowest BCUT2D eigenvalue weighted by Gasteiger charge is -2.63. The summed E-state index contributed by atoms with van der Waals surface area (Å²) in [4.78, 5) is 5.48. The molecule has 2 saturated carbocycles. The number of hydrazine groups is 1. The van der Waals surface area contributed by atoms with Gasteiger partial charge in [-0.2, -0.15) is 5.10 Å². The van der Waals surface area contributed by atoms with Crippen molar-refractivity contribution in [1.82, 2.24) is 35.9 Å². The lowest BCUT2D eigenvalue weighted by molar-refractivity contribution is -0.120. The monoisotopic (exact) mass is 488 g/mol. The first kappa shape index (κ1) is 25.9. The summed E-state index contributed by atoms with van der Waals surface area (Å²) in [5.74, 6) is 0.679. The molecule has 2 aliphatic carbocycles. The van der Waals surface area contributed by atoms with Gasteiger partial charge < -0.3 is 15.5 Å². The number of likely N-dealkylation sites (N-methyl/N-ethyl adjacent to an activating group) is 1. The number of hydrogen-bond donors (Lipinski definition) is 3. The fourth-order valence-corrected chi connectivity index (χ4v) is 7.99. The second kappa shape index (κ2) is 11.7. The van der Waals surface area contributed by atoms with E-state index >= 15 is 0 Å². The van der Waals surface area contributed by atoms with Crippen LogP contribution in [0.2, 0.25) is 0 Å². The molecule has 0 aromatic carbocycles. The molecule has 5 rings (SSSR count). The largest absolute Gasteiger partial charge is 0.315 e. The van der Waals surface area contributed by atoms with E-state index in [0.29, 0.717) is 12.0 Å². The molecule has 3 aliphatic heterocycles. The SMILES string of the molecule is C=NN1CC(C2CCC23CN(C)CCN3)N(CNN2CCCCCCCNCC2)C2(CCCC2)C1. The second-order valence-corrected chi connectivity index (χ2v) is 12.2. The Morgan fingerprint density at radius 2 is 1.74 bits per heavy atom. The summed E-state index contributed by atoms with van der Waals surface area (Å²) in [6, 6.07) is 0.523. The molecule has 5 fully saturated rings. The Morgan fingerprint density at radius 1 is 0.914 bits per heavy atom. The van der Waals surface area contributed by atoms with Crippen LogP contribution in [-0.2, 0) is 0 Å². The number of hydrogen-bond acceptors (Lipinski definition) is 8. The van der Waals surface area contributed by atoms with Crippen LogP contribution < -0.4 is 16.1 Å². The third-order valence-corrected chi connectivity index (χ3v) is 10.0. The van der Waals surface area contributed by atoms with Gasteiger partial charge in [-0.3, -0.25) is 9.91 Å². The molecule has 3 unspecified atom stereocenters. The zero-order valence-corrected chi connectivity index (χ0v) is 22.4. The lowest BCUT2D eigenvalue weighted by atomic mass is 9.61. The van der Waals surface area contributed by atoms with Gasteiger partial charge in [0.05, 0.1) is 19.8 Å². The number of nitrogens with zero attached hydrogens (tertiary/aromatic N) is 5. The van der Waals surface area contributed by atoms with E-state index in [1.54, 1.807) is 0 Å². The summed E-state index contributed by atoms with van der Waals surface area (Å²) in [7, 11) is 2.30. The minimum atomic E-state index is 0.237.